The van der Waals surface area contributed by atoms with Crippen LogP contribution in [-0.4, -0.2) is 29.2 Å². The zero-order valence-corrected chi connectivity index (χ0v) is 26.9. The van der Waals surface area contributed by atoms with E-state index in [-0.39, 0.29) is 25.0 Å². The summed E-state index contributed by atoms with van der Waals surface area (Å²) in [4.78, 5) is 26.2. The first-order valence-corrected chi connectivity index (χ1v) is 15.2. The van der Waals surface area contributed by atoms with Crippen LogP contribution in [0.5, 0.6) is 0 Å². The first-order valence-electron chi connectivity index (χ1n) is 15.2. The van der Waals surface area contributed by atoms with Crippen molar-refractivity contribution in [1.82, 2.24) is 10.5 Å². The van der Waals surface area contributed by atoms with E-state index in [1.807, 2.05) is 61.5 Å². The SMILES string of the molecule is CCOC(=O)C(C)(C)OC(c1cc2cc(CC(=O)NC(c3ccccc3)c3ccc(C)cc3C)ccc2o1)c1c(C)noc1C. The molecule has 1 amide bonds. The molecule has 2 atom stereocenters. The number of esters is 1. The van der Waals surface area contributed by atoms with Crippen molar-refractivity contribution in [1.29, 1.82) is 0 Å². The molecule has 45 heavy (non-hydrogen) atoms. The number of ether oxygens (including phenoxy) is 2. The summed E-state index contributed by atoms with van der Waals surface area (Å²) >= 11 is 0. The van der Waals surface area contributed by atoms with Crippen LogP contribution in [-0.2, 0) is 25.5 Å². The molecule has 0 aliphatic heterocycles. The van der Waals surface area contributed by atoms with E-state index in [1.165, 1.54) is 5.56 Å². The standard InChI is InChI=1S/C37H40N2O6/c1-8-42-36(41)37(6,7)44-35(33-24(4)39-45-25(33)5)31-21-28-19-26(15-17-30(28)43-31)20-32(40)38-34(27-12-10-9-11-13-27)29-16-14-22(2)18-23(29)3/h9-19,21,34-35H,8,20H2,1-7H3,(H,38,40). The number of benzene rings is 3. The van der Waals surface area contributed by atoms with E-state index in [1.54, 1.807) is 27.7 Å². The lowest BCUT2D eigenvalue weighted by Crippen LogP contribution is -2.38. The highest BCUT2D eigenvalue weighted by atomic mass is 16.6. The normalized spacial score (nSPS) is 13.0. The van der Waals surface area contributed by atoms with Crippen molar-refractivity contribution in [2.24, 2.45) is 0 Å². The van der Waals surface area contributed by atoms with Gasteiger partial charge in [0, 0.05) is 5.39 Å². The number of carbonyl (C=O) groups excluding carboxylic acids is 2. The maximum atomic E-state index is 13.5. The third kappa shape index (κ3) is 7.02. The van der Waals surface area contributed by atoms with Crippen LogP contribution in [0.15, 0.2) is 81.7 Å². The Kier molecular flexibility index (Phi) is 9.25. The van der Waals surface area contributed by atoms with Crippen LogP contribution in [0, 0.1) is 27.7 Å². The number of nitrogens with zero attached hydrogens (tertiary/aromatic N) is 1. The Morgan fingerprint density at radius 1 is 0.956 bits per heavy atom. The highest BCUT2D eigenvalue weighted by molar-refractivity contribution is 5.84. The average Bonchev–Trinajstić information content (AvgIpc) is 3.57. The first kappa shape index (κ1) is 31.7. The van der Waals surface area contributed by atoms with Gasteiger partial charge in [-0.25, -0.2) is 4.79 Å². The summed E-state index contributed by atoms with van der Waals surface area (Å²) in [6.07, 6.45) is -0.594. The van der Waals surface area contributed by atoms with Crippen molar-refractivity contribution in [2.45, 2.75) is 72.6 Å². The minimum absolute atomic E-state index is 0.0972. The number of aromatic nitrogens is 1. The largest absolute Gasteiger partial charge is 0.464 e. The lowest BCUT2D eigenvalue weighted by Gasteiger charge is -2.28. The van der Waals surface area contributed by atoms with Crippen molar-refractivity contribution in [3.63, 3.8) is 0 Å². The van der Waals surface area contributed by atoms with E-state index in [2.05, 4.69) is 42.5 Å². The van der Waals surface area contributed by atoms with Crippen molar-refractivity contribution in [3.8, 4) is 0 Å². The molecule has 2 heterocycles. The number of fused-ring (bicyclic) bond motifs is 1. The molecule has 8 heteroatoms. The monoisotopic (exact) mass is 608 g/mol. The lowest BCUT2D eigenvalue weighted by atomic mass is 9.93. The summed E-state index contributed by atoms with van der Waals surface area (Å²) in [5, 5.41) is 8.16. The molecule has 0 bridgehead atoms. The lowest BCUT2D eigenvalue weighted by molar-refractivity contribution is -0.173. The van der Waals surface area contributed by atoms with Gasteiger partial charge in [-0.1, -0.05) is 65.3 Å². The van der Waals surface area contributed by atoms with Gasteiger partial charge in [-0.3, -0.25) is 4.79 Å². The van der Waals surface area contributed by atoms with E-state index in [0.29, 0.717) is 28.4 Å². The number of hydrogen-bond acceptors (Lipinski definition) is 7. The molecular weight excluding hydrogens is 568 g/mol. The Bertz CT molecular complexity index is 1800. The summed E-state index contributed by atoms with van der Waals surface area (Å²) in [5.74, 6) is 0.463. The molecule has 3 aromatic carbocycles. The highest BCUT2D eigenvalue weighted by Gasteiger charge is 2.38. The van der Waals surface area contributed by atoms with E-state index in [4.69, 9.17) is 18.4 Å². The molecule has 8 nitrogen and oxygen atoms in total. The van der Waals surface area contributed by atoms with Gasteiger partial charge in [-0.15, -0.1) is 0 Å². The number of hydrogen-bond donors (Lipinski definition) is 1. The van der Waals surface area contributed by atoms with Gasteiger partial charge in [0.1, 0.15) is 23.2 Å². The van der Waals surface area contributed by atoms with E-state index < -0.39 is 17.7 Å². The minimum Gasteiger partial charge on any atom is -0.464 e. The van der Waals surface area contributed by atoms with Gasteiger partial charge in [-0.05, 0) is 88.9 Å². The summed E-state index contributed by atoms with van der Waals surface area (Å²) in [6.45, 7) is 13.1. The predicted molar refractivity (Wildman–Crippen MR) is 172 cm³/mol. The van der Waals surface area contributed by atoms with Crippen molar-refractivity contribution >= 4 is 22.8 Å². The van der Waals surface area contributed by atoms with Gasteiger partial charge in [0.05, 0.1) is 30.3 Å². The molecule has 2 aromatic heterocycles. The third-order valence-electron chi connectivity index (χ3n) is 7.93. The Morgan fingerprint density at radius 3 is 2.38 bits per heavy atom. The van der Waals surface area contributed by atoms with E-state index in [0.717, 1.165) is 27.6 Å². The first-order chi connectivity index (χ1) is 21.5. The van der Waals surface area contributed by atoms with Gasteiger partial charge < -0.3 is 23.7 Å². The molecule has 0 fully saturated rings. The average molecular weight is 609 g/mol. The number of aryl methyl sites for hydroxylation is 4. The summed E-state index contributed by atoms with van der Waals surface area (Å²) in [6, 6.07) is 23.6. The van der Waals surface area contributed by atoms with Crippen LogP contribution >= 0.6 is 0 Å². The van der Waals surface area contributed by atoms with Crippen molar-refractivity contribution < 1.29 is 28.0 Å². The third-order valence-corrected chi connectivity index (χ3v) is 7.93. The Morgan fingerprint density at radius 2 is 1.71 bits per heavy atom. The fourth-order valence-electron chi connectivity index (χ4n) is 5.66. The van der Waals surface area contributed by atoms with Crippen molar-refractivity contribution in [2.75, 3.05) is 6.61 Å². The predicted octanol–water partition coefficient (Wildman–Crippen LogP) is 7.55. The quantitative estimate of drug-likeness (QED) is 0.154. The fraction of sp³-hybridized carbons (Fsp3) is 0.324. The highest BCUT2D eigenvalue weighted by Crippen LogP contribution is 2.38. The Hall–Kier alpha value is -4.69. The number of amides is 1. The Balaban J connectivity index is 1.42. The second-order valence-corrected chi connectivity index (χ2v) is 11.9. The summed E-state index contributed by atoms with van der Waals surface area (Å²) in [5.41, 5.74) is 5.88. The molecule has 0 aliphatic rings. The van der Waals surface area contributed by atoms with Crippen LogP contribution in [0.25, 0.3) is 11.0 Å². The second kappa shape index (κ2) is 13.1. The second-order valence-electron chi connectivity index (χ2n) is 11.9. The molecule has 5 rings (SSSR count). The number of nitrogens with one attached hydrogen (secondary N) is 1. The zero-order chi connectivity index (χ0) is 32.3. The molecule has 234 valence electrons. The summed E-state index contributed by atoms with van der Waals surface area (Å²) in [7, 11) is 0. The van der Waals surface area contributed by atoms with Crippen LogP contribution in [0.4, 0.5) is 0 Å². The van der Waals surface area contributed by atoms with E-state index in [9.17, 15) is 9.59 Å². The number of furan rings is 1. The molecule has 5 aromatic rings. The van der Waals surface area contributed by atoms with Crippen molar-refractivity contribution in [3.05, 3.63) is 123 Å². The molecule has 1 N–H and O–H groups in total. The molecule has 0 saturated heterocycles. The number of carbonyl (C=O) groups is 2. The molecule has 0 radical (unpaired) electrons. The van der Waals surface area contributed by atoms with Crippen LogP contribution in [0.2, 0.25) is 0 Å². The minimum atomic E-state index is -1.27. The molecule has 0 aliphatic carbocycles. The maximum absolute atomic E-state index is 13.5. The fourth-order valence-corrected chi connectivity index (χ4v) is 5.66. The van der Waals surface area contributed by atoms with Gasteiger partial charge >= 0.3 is 5.97 Å². The summed E-state index contributed by atoms with van der Waals surface area (Å²) < 4.78 is 23.3. The molecule has 0 spiro atoms. The van der Waals surface area contributed by atoms with Crippen LogP contribution < -0.4 is 5.32 Å². The van der Waals surface area contributed by atoms with Gasteiger partial charge in [0.15, 0.2) is 5.60 Å². The van der Waals surface area contributed by atoms with Gasteiger partial charge in [0.25, 0.3) is 0 Å². The maximum Gasteiger partial charge on any atom is 0.337 e. The van der Waals surface area contributed by atoms with Gasteiger partial charge in [0.2, 0.25) is 5.91 Å². The van der Waals surface area contributed by atoms with E-state index >= 15 is 0 Å². The van der Waals surface area contributed by atoms with Crippen LogP contribution in [0.3, 0.4) is 0 Å². The zero-order valence-electron chi connectivity index (χ0n) is 26.9. The molecule has 2 unspecified atom stereocenters. The molecule has 0 saturated carbocycles. The Labute approximate surface area is 263 Å². The smallest absolute Gasteiger partial charge is 0.337 e. The topological polar surface area (TPSA) is 104 Å². The number of rotatable bonds is 11. The molecular formula is C37H40N2O6. The van der Waals surface area contributed by atoms with Crippen LogP contribution in [0.1, 0.15) is 83.5 Å². The van der Waals surface area contributed by atoms with Gasteiger partial charge in [-0.2, -0.15) is 0 Å².